The molecule has 5 nitrogen and oxygen atoms in total. The molecule has 0 radical (unpaired) electrons. The Labute approximate surface area is 157 Å². The van der Waals surface area contributed by atoms with Gasteiger partial charge in [-0.15, -0.1) is 0 Å². The van der Waals surface area contributed by atoms with E-state index in [1.54, 1.807) is 4.90 Å². The third kappa shape index (κ3) is 4.63. The minimum atomic E-state index is -4.63. The first-order valence-corrected chi connectivity index (χ1v) is 10.6. The summed E-state index contributed by atoms with van der Waals surface area (Å²) in [6.45, 7) is 0.160. The number of carbonyl (C=O) groups excluding carboxylic acids is 1. The highest BCUT2D eigenvalue weighted by molar-refractivity contribution is 7.89. The fraction of sp³-hybridized carbons (Fsp3) is 0.611. The van der Waals surface area contributed by atoms with Crippen LogP contribution in [0.25, 0.3) is 0 Å². The molecule has 1 N–H and O–H groups in total. The van der Waals surface area contributed by atoms with Gasteiger partial charge in [0.2, 0.25) is 15.9 Å². The quantitative estimate of drug-likeness (QED) is 0.820. The summed E-state index contributed by atoms with van der Waals surface area (Å²) in [6.07, 6.45) is 1.68. The Morgan fingerprint density at radius 1 is 1.15 bits per heavy atom. The number of likely N-dealkylation sites (tertiary alicyclic amines) is 1. The van der Waals surface area contributed by atoms with Crippen molar-refractivity contribution in [1.82, 2.24) is 9.62 Å². The first kappa shape index (κ1) is 20.1. The van der Waals surface area contributed by atoms with Crippen LogP contribution in [-0.4, -0.2) is 38.4 Å². The van der Waals surface area contributed by atoms with E-state index in [0.717, 1.165) is 56.7 Å². The Hall–Kier alpha value is -1.61. The van der Waals surface area contributed by atoms with Gasteiger partial charge in [0.25, 0.3) is 0 Å². The Morgan fingerprint density at radius 3 is 2.52 bits per heavy atom. The second kappa shape index (κ2) is 7.79. The van der Waals surface area contributed by atoms with Crippen molar-refractivity contribution in [3.05, 3.63) is 29.8 Å². The molecule has 9 heteroatoms. The van der Waals surface area contributed by atoms with Gasteiger partial charge in [-0.2, -0.15) is 13.2 Å². The summed E-state index contributed by atoms with van der Waals surface area (Å²) in [5, 5.41) is 0. The molecule has 1 aliphatic heterocycles. The summed E-state index contributed by atoms with van der Waals surface area (Å²) in [5.74, 6) is 0.150. The lowest BCUT2D eigenvalue weighted by molar-refractivity contribution is -0.137. The largest absolute Gasteiger partial charge is 0.416 e. The normalized spacial score (nSPS) is 21.7. The van der Waals surface area contributed by atoms with E-state index < -0.39 is 33.2 Å². The van der Waals surface area contributed by atoms with Crippen LogP contribution in [-0.2, 0) is 21.0 Å². The van der Waals surface area contributed by atoms with Crippen LogP contribution in [0, 0.1) is 5.92 Å². The monoisotopic (exact) mass is 404 g/mol. The lowest BCUT2D eigenvalue weighted by Crippen LogP contribution is -2.44. The lowest BCUT2D eigenvalue weighted by atomic mass is 9.96. The Bertz CT molecular complexity index is 789. The van der Waals surface area contributed by atoms with Crippen molar-refractivity contribution < 1.29 is 26.4 Å². The third-order valence-corrected chi connectivity index (χ3v) is 6.85. The maximum absolute atomic E-state index is 12.8. The first-order chi connectivity index (χ1) is 12.7. The molecule has 1 aliphatic carbocycles. The SMILES string of the molecule is O=C(CNS(=O)(=O)c1cccc(C(F)(F)F)c1)N1CCCC1C1CCCC1. The predicted octanol–water partition coefficient (Wildman–Crippen LogP) is 3.16. The molecule has 2 fully saturated rings. The number of rotatable bonds is 5. The summed E-state index contributed by atoms with van der Waals surface area (Å²) in [7, 11) is -4.20. The molecule has 1 heterocycles. The molecule has 1 unspecified atom stereocenters. The van der Waals surface area contributed by atoms with Gasteiger partial charge in [0.1, 0.15) is 0 Å². The number of hydrogen-bond donors (Lipinski definition) is 1. The van der Waals surface area contributed by atoms with Crippen LogP contribution in [0.1, 0.15) is 44.1 Å². The molecule has 27 heavy (non-hydrogen) atoms. The van der Waals surface area contributed by atoms with Crippen molar-refractivity contribution in [2.45, 2.75) is 55.6 Å². The fourth-order valence-corrected chi connectivity index (χ4v) is 5.14. The Balaban J connectivity index is 1.65. The van der Waals surface area contributed by atoms with Crippen LogP contribution < -0.4 is 4.72 Å². The zero-order chi connectivity index (χ0) is 19.7. The van der Waals surface area contributed by atoms with Crippen molar-refractivity contribution in [2.24, 2.45) is 5.92 Å². The van der Waals surface area contributed by atoms with Gasteiger partial charge in [-0.25, -0.2) is 13.1 Å². The van der Waals surface area contributed by atoms with Crippen molar-refractivity contribution in [3.63, 3.8) is 0 Å². The zero-order valence-corrected chi connectivity index (χ0v) is 15.7. The molecule has 1 aromatic carbocycles. The number of sulfonamides is 1. The lowest BCUT2D eigenvalue weighted by Gasteiger charge is -2.29. The molecule has 1 atom stereocenters. The van der Waals surface area contributed by atoms with E-state index >= 15 is 0 Å². The molecule has 1 saturated heterocycles. The minimum Gasteiger partial charge on any atom is -0.338 e. The molecule has 1 saturated carbocycles. The molecule has 3 rings (SSSR count). The molecule has 0 aromatic heterocycles. The number of amides is 1. The standard InChI is InChI=1S/C18H23F3N2O3S/c19-18(20,21)14-7-3-8-15(11-14)27(25,26)22-12-17(24)23-10-4-9-16(23)13-5-1-2-6-13/h3,7-8,11,13,16,22H,1-2,4-6,9-10,12H2. The van der Waals surface area contributed by atoms with E-state index in [1.165, 1.54) is 0 Å². The Kier molecular flexibility index (Phi) is 5.81. The van der Waals surface area contributed by atoms with Crippen molar-refractivity contribution >= 4 is 15.9 Å². The molecule has 1 amide bonds. The van der Waals surface area contributed by atoms with E-state index in [2.05, 4.69) is 4.72 Å². The Morgan fingerprint density at radius 2 is 1.85 bits per heavy atom. The topological polar surface area (TPSA) is 66.5 Å². The van der Waals surface area contributed by atoms with Gasteiger partial charge >= 0.3 is 6.18 Å². The average molecular weight is 404 g/mol. The van der Waals surface area contributed by atoms with Crippen LogP contribution in [0.4, 0.5) is 13.2 Å². The van der Waals surface area contributed by atoms with E-state index in [4.69, 9.17) is 0 Å². The van der Waals surface area contributed by atoms with Crippen LogP contribution in [0.3, 0.4) is 0 Å². The maximum atomic E-state index is 12.8. The number of carbonyl (C=O) groups is 1. The predicted molar refractivity (Wildman–Crippen MR) is 93.3 cm³/mol. The van der Waals surface area contributed by atoms with Crippen LogP contribution in [0.5, 0.6) is 0 Å². The second-order valence-corrected chi connectivity index (χ2v) is 8.96. The molecule has 150 valence electrons. The highest BCUT2D eigenvalue weighted by Gasteiger charge is 2.36. The fourth-order valence-electron chi connectivity index (χ4n) is 4.12. The van der Waals surface area contributed by atoms with Gasteiger partial charge < -0.3 is 4.90 Å². The van der Waals surface area contributed by atoms with Gasteiger partial charge in [-0.05, 0) is 49.8 Å². The van der Waals surface area contributed by atoms with Gasteiger partial charge in [-0.1, -0.05) is 18.9 Å². The minimum absolute atomic E-state index is 0.151. The van der Waals surface area contributed by atoms with Gasteiger partial charge in [0.15, 0.2) is 0 Å². The van der Waals surface area contributed by atoms with Crippen LogP contribution in [0.2, 0.25) is 0 Å². The summed E-state index contributed by atoms with van der Waals surface area (Å²) in [4.78, 5) is 13.8. The van der Waals surface area contributed by atoms with Crippen molar-refractivity contribution in [3.8, 4) is 0 Å². The highest BCUT2D eigenvalue weighted by Crippen LogP contribution is 2.35. The van der Waals surface area contributed by atoms with Crippen molar-refractivity contribution in [2.75, 3.05) is 13.1 Å². The van der Waals surface area contributed by atoms with E-state index in [1.807, 2.05) is 0 Å². The van der Waals surface area contributed by atoms with Crippen molar-refractivity contribution in [1.29, 1.82) is 0 Å². The van der Waals surface area contributed by atoms with E-state index in [-0.39, 0.29) is 11.9 Å². The summed E-state index contributed by atoms with van der Waals surface area (Å²) in [5.41, 5.74) is -1.04. The van der Waals surface area contributed by atoms with Crippen LogP contribution >= 0.6 is 0 Å². The maximum Gasteiger partial charge on any atom is 0.416 e. The molecule has 0 bridgehead atoms. The number of alkyl halides is 3. The molecule has 0 spiro atoms. The summed E-state index contributed by atoms with van der Waals surface area (Å²) in [6, 6.07) is 3.65. The number of nitrogens with zero attached hydrogens (tertiary/aromatic N) is 1. The second-order valence-electron chi connectivity index (χ2n) is 7.19. The van der Waals surface area contributed by atoms with E-state index in [9.17, 15) is 26.4 Å². The molecular formula is C18H23F3N2O3S. The number of hydrogen-bond acceptors (Lipinski definition) is 3. The first-order valence-electron chi connectivity index (χ1n) is 9.15. The smallest absolute Gasteiger partial charge is 0.338 e. The summed E-state index contributed by atoms with van der Waals surface area (Å²) < 4.78 is 65.2. The summed E-state index contributed by atoms with van der Waals surface area (Å²) >= 11 is 0. The number of halogens is 3. The van der Waals surface area contributed by atoms with Gasteiger partial charge in [0, 0.05) is 12.6 Å². The van der Waals surface area contributed by atoms with Gasteiger partial charge in [0.05, 0.1) is 17.0 Å². The molecule has 1 aromatic rings. The van der Waals surface area contributed by atoms with Gasteiger partial charge in [-0.3, -0.25) is 4.79 Å². The highest BCUT2D eigenvalue weighted by atomic mass is 32.2. The van der Waals surface area contributed by atoms with E-state index in [0.29, 0.717) is 18.5 Å². The number of nitrogens with one attached hydrogen (secondary N) is 1. The zero-order valence-electron chi connectivity index (χ0n) is 14.8. The average Bonchev–Trinajstić information content (AvgIpc) is 3.30. The molecule has 2 aliphatic rings. The number of benzene rings is 1. The molecular weight excluding hydrogens is 381 g/mol. The van der Waals surface area contributed by atoms with Crippen LogP contribution in [0.15, 0.2) is 29.2 Å². The third-order valence-electron chi connectivity index (χ3n) is 5.45.